The van der Waals surface area contributed by atoms with E-state index < -0.39 is 5.60 Å². The summed E-state index contributed by atoms with van der Waals surface area (Å²) in [6.45, 7) is 4.48. The second-order valence-electron chi connectivity index (χ2n) is 4.79. The van der Waals surface area contributed by atoms with Crippen molar-refractivity contribution < 1.29 is 9.90 Å². The first-order valence-corrected chi connectivity index (χ1v) is 5.91. The molecule has 0 bridgehead atoms. The highest BCUT2D eigenvalue weighted by Crippen LogP contribution is 2.22. The molecule has 0 radical (unpaired) electrons. The number of nitrogens with zero attached hydrogens (tertiary/aromatic N) is 2. The van der Waals surface area contributed by atoms with E-state index in [-0.39, 0.29) is 5.91 Å². The average Bonchev–Trinajstić information content (AvgIpc) is 2.56. The van der Waals surface area contributed by atoms with Crippen LogP contribution in [0.1, 0.15) is 29.4 Å². The van der Waals surface area contributed by atoms with Gasteiger partial charge in [-0.25, -0.2) is 4.98 Å². The molecule has 1 aromatic rings. The highest BCUT2D eigenvalue weighted by molar-refractivity contribution is 6.29. The third-order valence-corrected chi connectivity index (χ3v) is 3.10. The molecule has 92 valence electrons. The Bertz CT molecular complexity index is 440. The number of aromatic nitrogens is 1. The lowest BCUT2D eigenvalue weighted by atomic mass is 10.1. The number of halogens is 1. The van der Waals surface area contributed by atoms with E-state index in [2.05, 4.69) is 4.98 Å². The minimum atomic E-state index is -0.776. The quantitative estimate of drug-likeness (QED) is 0.776. The first-order valence-electron chi connectivity index (χ1n) is 5.53. The van der Waals surface area contributed by atoms with Crippen molar-refractivity contribution in [3.05, 3.63) is 28.5 Å². The molecule has 1 aromatic heterocycles. The SMILES string of the molecule is Cc1cc(C(=O)N2CCC(C)(O)C2)cc(Cl)n1. The molecule has 2 rings (SSSR count). The van der Waals surface area contributed by atoms with Gasteiger partial charge in [-0.2, -0.15) is 0 Å². The number of β-amino-alcohol motifs (C(OH)–C–C–N with tert-alkyl or cyclic N) is 1. The van der Waals surface area contributed by atoms with Gasteiger partial charge in [-0.1, -0.05) is 11.6 Å². The van der Waals surface area contributed by atoms with Crippen molar-refractivity contribution in [2.45, 2.75) is 25.9 Å². The van der Waals surface area contributed by atoms with E-state index >= 15 is 0 Å². The van der Waals surface area contributed by atoms with E-state index in [4.69, 9.17) is 11.6 Å². The largest absolute Gasteiger partial charge is 0.388 e. The van der Waals surface area contributed by atoms with Crippen LogP contribution in [0.25, 0.3) is 0 Å². The van der Waals surface area contributed by atoms with Gasteiger partial charge in [0.05, 0.1) is 5.60 Å². The molecule has 2 heterocycles. The zero-order valence-electron chi connectivity index (χ0n) is 9.90. The number of rotatable bonds is 1. The fourth-order valence-electron chi connectivity index (χ4n) is 2.05. The van der Waals surface area contributed by atoms with Crippen LogP contribution in [-0.4, -0.2) is 39.6 Å². The van der Waals surface area contributed by atoms with E-state index in [0.29, 0.717) is 35.9 Å². The van der Waals surface area contributed by atoms with Gasteiger partial charge in [0.25, 0.3) is 5.91 Å². The molecule has 1 fully saturated rings. The van der Waals surface area contributed by atoms with Gasteiger partial charge in [-0.05, 0) is 32.4 Å². The van der Waals surface area contributed by atoms with Gasteiger partial charge < -0.3 is 10.0 Å². The molecule has 1 unspecified atom stereocenters. The molecule has 1 saturated heterocycles. The van der Waals surface area contributed by atoms with E-state index in [1.807, 2.05) is 0 Å². The Morgan fingerprint density at radius 1 is 1.59 bits per heavy atom. The van der Waals surface area contributed by atoms with Crippen LogP contribution in [0, 0.1) is 6.92 Å². The maximum absolute atomic E-state index is 12.2. The molecule has 1 amide bonds. The zero-order valence-corrected chi connectivity index (χ0v) is 10.7. The fourth-order valence-corrected chi connectivity index (χ4v) is 2.30. The molecule has 0 saturated carbocycles. The maximum atomic E-state index is 12.2. The Hall–Kier alpha value is -1.13. The number of amides is 1. The molecule has 0 aromatic carbocycles. The van der Waals surface area contributed by atoms with Crippen LogP contribution >= 0.6 is 11.6 Å². The van der Waals surface area contributed by atoms with E-state index in [0.717, 1.165) is 0 Å². The summed E-state index contributed by atoms with van der Waals surface area (Å²) in [4.78, 5) is 17.8. The Kier molecular flexibility index (Phi) is 3.10. The minimum absolute atomic E-state index is 0.102. The minimum Gasteiger partial charge on any atom is -0.388 e. The van der Waals surface area contributed by atoms with Crippen LogP contribution in [0.5, 0.6) is 0 Å². The first-order chi connectivity index (χ1) is 7.87. The molecule has 1 aliphatic rings. The third kappa shape index (κ3) is 2.76. The highest BCUT2D eigenvalue weighted by Gasteiger charge is 2.34. The molecular weight excluding hydrogens is 240 g/mol. The number of hydrogen-bond donors (Lipinski definition) is 1. The second kappa shape index (κ2) is 4.27. The van der Waals surface area contributed by atoms with Crippen LogP contribution in [0.4, 0.5) is 0 Å². The average molecular weight is 255 g/mol. The summed E-state index contributed by atoms with van der Waals surface area (Å²) in [5, 5.41) is 10.2. The van der Waals surface area contributed by atoms with Crippen molar-refractivity contribution in [2.24, 2.45) is 0 Å². The zero-order chi connectivity index (χ0) is 12.6. The lowest BCUT2D eigenvalue weighted by Gasteiger charge is -2.19. The van der Waals surface area contributed by atoms with Crippen molar-refractivity contribution in [3.8, 4) is 0 Å². The highest BCUT2D eigenvalue weighted by atomic mass is 35.5. The molecule has 5 heteroatoms. The summed E-state index contributed by atoms with van der Waals surface area (Å²) < 4.78 is 0. The van der Waals surface area contributed by atoms with Crippen molar-refractivity contribution in [2.75, 3.05) is 13.1 Å². The van der Waals surface area contributed by atoms with Gasteiger partial charge in [-0.3, -0.25) is 4.79 Å². The molecular formula is C12H15ClN2O2. The van der Waals surface area contributed by atoms with E-state index in [1.54, 1.807) is 30.9 Å². The summed E-state index contributed by atoms with van der Waals surface area (Å²) in [6, 6.07) is 3.27. The predicted molar refractivity (Wildman–Crippen MR) is 65.1 cm³/mol. The van der Waals surface area contributed by atoms with E-state index in [9.17, 15) is 9.90 Å². The van der Waals surface area contributed by atoms with Crippen molar-refractivity contribution in [3.63, 3.8) is 0 Å². The monoisotopic (exact) mass is 254 g/mol. The molecule has 4 nitrogen and oxygen atoms in total. The topological polar surface area (TPSA) is 53.4 Å². The normalized spacial score (nSPS) is 24.1. The molecule has 1 atom stereocenters. The standard InChI is InChI=1S/C12H15ClN2O2/c1-8-5-9(6-10(13)14-8)11(16)15-4-3-12(2,17)7-15/h5-6,17H,3-4,7H2,1-2H3. The number of carbonyl (C=O) groups is 1. The van der Waals surface area contributed by atoms with Crippen LogP contribution in [0.15, 0.2) is 12.1 Å². The van der Waals surface area contributed by atoms with Gasteiger partial charge in [0.15, 0.2) is 0 Å². The number of pyridine rings is 1. The molecule has 17 heavy (non-hydrogen) atoms. The Morgan fingerprint density at radius 2 is 2.29 bits per heavy atom. The fraction of sp³-hybridized carbons (Fsp3) is 0.500. The smallest absolute Gasteiger partial charge is 0.254 e. The van der Waals surface area contributed by atoms with E-state index in [1.165, 1.54) is 0 Å². The van der Waals surface area contributed by atoms with Crippen LogP contribution in [-0.2, 0) is 0 Å². The van der Waals surface area contributed by atoms with Gasteiger partial charge in [0.2, 0.25) is 0 Å². The molecule has 0 aliphatic carbocycles. The number of hydrogen-bond acceptors (Lipinski definition) is 3. The Morgan fingerprint density at radius 3 is 2.82 bits per heavy atom. The van der Waals surface area contributed by atoms with Crippen molar-refractivity contribution in [1.82, 2.24) is 9.88 Å². The summed E-state index contributed by atoms with van der Waals surface area (Å²) >= 11 is 5.83. The van der Waals surface area contributed by atoms with Crippen LogP contribution in [0.2, 0.25) is 5.15 Å². The van der Waals surface area contributed by atoms with Gasteiger partial charge in [0, 0.05) is 24.3 Å². The molecule has 1 N–H and O–H groups in total. The lowest BCUT2D eigenvalue weighted by Crippen LogP contribution is -2.33. The molecule has 0 spiro atoms. The van der Waals surface area contributed by atoms with Gasteiger partial charge in [-0.15, -0.1) is 0 Å². The maximum Gasteiger partial charge on any atom is 0.254 e. The second-order valence-corrected chi connectivity index (χ2v) is 5.18. The number of aliphatic hydroxyl groups is 1. The summed E-state index contributed by atoms with van der Waals surface area (Å²) in [5.41, 5.74) is 0.466. The Labute approximate surface area is 105 Å². The Balaban J connectivity index is 2.20. The number of likely N-dealkylation sites (tertiary alicyclic amines) is 1. The van der Waals surface area contributed by atoms with Crippen molar-refractivity contribution >= 4 is 17.5 Å². The lowest BCUT2D eigenvalue weighted by molar-refractivity contribution is 0.0572. The van der Waals surface area contributed by atoms with Gasteiger partial charge in [0.1, 0.15) is 5.15 Å². The van der Waals surface area contributed by atoms with Crippen LogP contribution in [0.3, 0.4) is 0 Å². The summed E-state index contributed by atoms with van der Waals surface area (Å²) in [5.74, 6) is -0.102. The van der Waals surface area contributed by atoms with Gasteiger partial charge >= 0.3 is 0 Å². The summed E-state index contributed by atoms with van der Waals surface area (Å²) in [7, 11) is 0. The van der Waals surface area contributed by atoms with Crippen molar-refractivity contribution in [1.29, 1.82) is 0 Å². The third-order valence-electron chi connectivity index (χ3n) is 2.91. The first kappa shape index (κ1) is 12.3. The molecule has 1 aliphatic heterocycles. The summed E-state index contributed by atoms with van der Waals surface area (Å²) in [6.07, 6.45) is 0.608. The number of aryl methyl sites for hydroxylation is 1. The number of carbonyl (C=O) groups excluding carboxylic acids is 1. The van der Waals surface area contributed by atoms with Crippen LogP contribution < -0.4 is 0 Å². The predicted octanol–water partition coefficient (Wildman–Crippen LogP) is 1.64.